The van der Waals surface area contributed by atoms with Gasteiger partial charge in [-0.15, -0.1) is 0 Å². The van der Waals surface area contributed by atoms with Crippen LogP contribution in [0.5, 0.6) is 5.75 Å². The molecule has 0 radical (unpaired) electrons. The van der Waals surface area contributed by atoms with Crippen LogP contribution in [0.4, 0.5) is 5.69 Å². The molecule has 2 aromatic carbocycles. The van der Waals surface area contributed by atoms with Crippen LogP contribution in [-0.4, -0.2) is 27.2 Å². The van der Waals surface area contributed by atoms with E-state index < -0.39 is 0 Å². The summed E-state index contributed by atoms with van der Waals surface area (Å²) in [5, 5.41) is 0. The van der Waals surface area contributed by atoms with Gasteiger partial charge >= 0.3 is 5.97 Å². The quantitative estimate of drug-likeness (QED) is 0.719. The van der Waals surface area contributed by atoms with Crippen LogP contribution in [0.15, 0.2) is 54.6 Å². The number of methoxy groups -OCH3 is 2. The van der Waals surface area contributed by atoms with Crippen LogP contribution < -0.4 is 9.64 Å². The molecule has 4 heteroatoms. The molecule has 0 saturated carbocycles. The normalized spacial score (nSPS) is 13.0. The maximum Gasteiger partial charge on any atom is 0.308 e. The van der Waals surface area contributed by atoms with Crippen LogP contribution in [0.25, 0.3) is 0 Å². The van der Waals surface area contributed by atoms with Gasteiger partial charge in [-0.25, -0.2) is 0 Å². The number of esters is 1. The van der Waals surface area contributed by atoms with Crippen molar-refractivity contribution in [2.45, 2.75) is 19.4 Å². The van der Waals surface area contributed by atoms with Crippen molar-refractivity contribution in [3.05, 3.63) is 60.2 Å². The molecule has 0 aliphatic rings. The van der Waals surface area contributed by atoms with Gasteiger partial charge in [-0.3, -0.25) is 4.79 Å². The lowest BCUT2D eigenvalue weighted by atomic mass is 9.94. The molecule has 24 heavy (non-hydrogen) atoms. The maximum atomic E-state index is 11.9. The molecule has 0 aliphatic carbocycles. The van der Waals surface area contributed by atoms with Crippen molar-refractivity contribution in [2.24, 2.45) is 5.92 Å². The van der Waals surface area contributed by atoms with Crippen LogP contribution in [0.3, 0.4) is 0 Å². The van der Waals surface area contributed by atoms with Crippen molar-refractivity contribution in [1.29, 1.82) is 0 Å². The van der Waals surface area contributed by atoms with E-state index in [4.69, 9.17) is 9.47 Å². The van der Waals surface area contributed by atoms with Gasteiger partial charge in [-0.2, -0.15) is 0 Å². The summed E-state index contributed by atoms with van der Waals surface area (Å²) in [7, 11) is 5.14. The first-order valence-electron chi connectivity index (χ1n) is 8.06. The molecule has 0 fully saturated rings. The molecule has 128 valence electrons. The lowest BCUT2D eigenvalue weighted by Crippen LogP contribution is -2.28. The Morgan fingerprint density at radius 1 is 1.04 bits per heavy atom. The molecule has 0 bridgehead atoms. The van der Waals surface area contributed by atoms with Gasteiger partial charge < -0.3 is 14.4 Å². The third-order valence-corrected chi connectivity index (χ3v) is 4.31. The summed E-state index contributed by atoms with van der Waals surface area (Å²) in [6.45, 7) is 1.90. The third kappa shape index (κ3) is 4.28. The SMILES string of the molecule is COC(=O)[C@H](C)C[C@@H](c1ccc(OC)cc1)N(C)c1ccccc1. The zero-order valence-electron chi connectivity index (χ0n) is 14.7. The number of hydrogen-bond donors (Lipinski definition) is 0. The van der Waals surface area contributed by atoms with E-state index in [1.807, 2.05) is 56.4 Å². The number of benzene rings is 2. The first-order valence-corrected chi connectivity index (χ1v) is 8.06. The Labute approximate surface area is 144 Å². The number of rotatable bonds is 7. The molecule has 2 rings (SSSR count). The molecule has 0 amide bonds. The molecular formula is C20H25NO3. The average molecular weight is 327 g/mol. The second kappa shape index (κ2) is 8.39. The average Bonchev–Trinajstić information content (AvgIpc) is 2.65. The predicted octanol–water partition coefficient (Wildman–Crippen LogP) is 4.07. The molecule has 0 aromatic heterocycles. The fourth-order valence-corrected chi connectivity index (χ4v) is 2.82. The number of ether oxygens (including phenoxy) is 2. The minimum absolute atomic E-state index is 0.0624. The zero-order valence-corrected chi connectivity index (χ0v) is 14.7. The summed E-state index contributed by atoms with van der Waals surface area (Å²) in [4.78, 5) is 14.1. The third-order valence-electron chi connectivity index (χ3n) is 4.31. The number of nitrogens with zero attached hydrogens (tertiary/aromatic N) is 1. The Balaban J connectivity index is 2.31. The van der Waals surface area contributed by atoms with E-state index in [9.17, 15) is 4.79 Å². The molecule has 4 nitrogen and oxygen atoms in total. The Morgan fingerprint density at radius 3 is 2.21 bits per heavy atom. The van der Waals surface area contributed by atoms with E-state index in [-0.39, 0.29) is 17.9 Å². The van der Waals surface area contributed by atoms with Crippen LogP contribution >= 0.6 is 0 Å². The number of hydrogen-bond acceptors (Lipinski definition) is 4. The van der Waals surface area contributed by atoms with Gasteiger partial charge in [0, 0.05) is 12.7 Å². The smallest absolute Gasteiger partial charge is 0.308 e. The highest BCUT2D eigenvalue weighted by Crippen LogP contribution is 2.32. The van der Waals surface area contributed by atoms with Crippen molar-refractivity contribution in [2.75, 3.05) is 26.2 Å². The van der Waals surface area contributed by atoms with Crippen LogP contribution in [-0.2, 0) is 9.53 Å². The molecule has 2 atom stereocenters. The van der Waals surface area contributed by atoms with Gasteiger partial charge in [-0.1, -0.05) is 37.3 Å². The van der Waals surface area contributed by atoms with E-state index in [0.29, 0.717) is 6.42 Å². The van der Waals surface area contributed by atoms with E-state index in [1.54, 1.807) is 7.11 Å². The molecule has 0 unspecified atom stereocenters. The molecule has 0 aliphatic heterocycles. The number of carbonyl (C=O) groups excluding carboxylic acids is 1. The van der Waals surface area contributed by atoms with Gasteiger partial charge in [0.2, 0.25) is 0 Å². The second-order valence-electron chi connectivity index (χ2n) is 5.90. The first-order chi connectivity index (χ1) is 11.6. The Kier molecular flexibility index (Phi) is 6.24. The van der Waals surface area contributed by atoms with Crippen molar-refractivity contribution in [3.63, 3.8) is 0 Å². The molecule has 0 heterocycles. The van der Waals surface area contributed by atoms with E-state index >= 15 is 0 Å². The highest BCUT2D eigenvalue weighted by molar-refractivity contribution is 5.72. The molecule has 2 aromatic rings. The van der Waals surface area contributed by atoms with Gasteiger partial charge in [-0.05, 0) is 36.2 Å². The fraction of sp³-hybridized carbons (Fsp3) is 0.350. The monoisotopic (exact) mass is 327 g/mol. The van der Waals surface area contributed by atoms with E-state index in [2.05, 4.69) is 17.0 Å². The highest BCUT2D eigenvalue weighted by Gasteiger charge is 2.24. The van der Waals surface area contributed by atoms with Crippen molar-refractivity contribution < 1.29 is 14.3 Å². The molecular weight excluding hydrogens is 302 g/mol. The summed E-state index contributed by atoms with van der Waals surface area (Å²) >= 11 is 0. The fourth-order valence-electron chi connectivity index (χ4n) is 2.82. The number of carbonyl (C=O) groups is 1. The van der Waals surface area contributed by atoms with E-state index in [1.165, 1.54) is 7.11 Å². The Bertz CT molecular complexity index is 640. The van der Waals surface area contributed by atoms with Crippen molar-refractivity contribution >= 4 is 11.7 Å². The van der Waals surface area contributed by atoms with Gasteiger partial charge in [0.15, 0.2) is 0 Å². The second-order valence-corrected chi connectivity index (χ2v) is 5.90. The first kappa shape index (κ1) is 17.9. The summed E-state index contributed by atoms with van der Waals surface area (Å²) in [5.74, 6) is 0.448. The van der Waals surface area contributed by atoms with Crippen LogP contribution in [0, 0.1) is 5.92 Å². The van der Waals surface area contributed by atoms with Gasteiger partial charge in [0.25, 0.3) is 0 Å². The predicted molar refractivity (Wildman–Crippen MR) is 96.4 cm³/mol. The largest absolute Gasteiger partial charge is 0.497 e. The Morgan fingerprint density at radius 2 is 1.67 bits per heavy atom. The summed E-state index contributed by atoms with van der Waals surface area (Å²) in [6, 6.07) is 18.2. The summed E-state index contributed by atoms with van der Waals surface area (Å²) < 4.78 is 10.1. The Hall–Kier alpha value is -2.49. The molecule has 0 spiro atoms. The number of para-hydroxylation sites is 1. The summed E-state index contributed by atoms with van der Waals surface area (Å²) in [6.07, 6.45) is 0.671. The molecule has 0 saturated heterocycles. The minimum Gasteiger partial charge on any atom is -0.497 e. The summed E-state index contributed by atoms with van der Waals surface area (Å²) in [5.41, 5.74) is 2.24. The maximum absolute atomic E-state index is 11.9. The van der Waals surface area contributed by atoms with Gasteiger partial charge in [0.05, 0.1) is 26.2 Å². The van der Waals surface area contributed by atoms with Crippen LogP contribution in [0.1, 0.15) is 24.9 Å². The van der Waals surface area contributed by atoms with Crippen LogP contribution in [0.2, 0.25) is 0 Å². The van der Waals surface area contributed by atoms with E-state index in [0.717, 1.165) is 17.0 Å². The lowest BCUT2D eigenvalue weighted by molar-refractivity contribution is -0.145. The minimum atomic E-state index is -0.187. The standard InChI is InChI=1S/C20H25NO3/c1-15(20(22)24-4)14-19(16-10-12-18(23-3)13-11-16)21(2)17-8-6-5-7-9-17/h5-13,15,19H,14H2,1-4H3/t15-,19+/m1/s1. The zero-order chi connectivity index (χ0) is 17.5. The molecule has 0 N–H and O–H groups in total. The highest BCUT2D eigenvalue weighted by atomic mass is 16.5. The number of anilines is 1. The van der Waals surface area contributed by atoms with Crippen molar-refractivity contribution in [3.8, 4) is 5.75 Å². The van der Waals surface area contributed by atoms with Gasteiger partial charge in [0.1, 0.15) is 5.75 Å². The van der Waals surface area contributed by atoms with Crippen molar-refractivity contribution in [1.82, 2.24) is 0 Å². The topological polar surface area (TPSA) is 38.8 Å². The lowest BCUT2D eigenvalue weighted by Gasteiger charge is -2.32.